The lowest BCUT2D eigenvalue weighted by Crippen LogP contribution is -2.42. The molecule has 0 unspecified atom stereocenters. The smallest absolute Gasteiger partial charge is 0.241 e. The number of amides is 3. The van der Waals surface area contributed by atoms with Gasteiger partial charge >= 0.3 is 0 Å². The molecule has 3 amide bonds. The van der Waals surface area contributed by atoms with Crippen LogP contribution in [0.1, 0.15) is 34.7 Å². The van der Waals surface area contributed by atoms with Crippen LogP contribution in [0.15, 0.2) is 54.2 Å². The summed E-state index contributed by atoms with van der Waals surface area (Å²) in [5, 5.41) is 2.77. The Morgan fingerprint density at radius 1 is 1.27 bits per heavy atom. The van der Waals surface area contributed by atoms with E-state index in [1.165, 1.54) is 34.4 Å². The number of aryl methyl sites for hydroxylation is 1. The van der Waals surface area contributed by atoms with Crippen LogP contribution in [0.25, 0.3) is 0 Å². The molecule has 0 spiro atoms. The zero-order valence-corrected chi connectivity index (χ0v) is 19.1. The van der Waals surface area contributed by atoms with Gasteiger partial charge in [-0.15, -0.1) is 11.3 Å². The van der Waals surface area contributed by atoms with Gasteiger partial charge in [0, 0.05) is 37.7 Å². The van der Waals surface area contributed by atoms with Crippen LogP contribution < -0.4 is 0 Å². The predicted molar refractivity (Wildman–Crippen MR) is 120 cm³/mol. The van der Waals surface area contributed by atoms with Crippen LogP contribution in [0.2, 0.25) is 0 Å². The Labute approximate surface area is 194 Å². The van der Waals surface area contributed by atoms with Crippen molar-refractivity contribution in [3.8, 4) is 0 Å². The van der Waals surface area contributed by atoms with E-state index in [-0.39, 0.29) is 31.8 Å². The Morgan fingerprint density at radius 2 is 2.09 bits per heavy atom. The van der Waals surface area contributed by atoms with Gasteiger partial charge < -0.3 is 4.90 Å². The first kappa shape index (κ1) is 22.7. The van der Waals surface area contributed by atoms with Gasteiger partial charge in [0.15, 0.2) is 0 Å². The average Bonchev–Trinajstić information content (AvgIpc) is 3.30. The van der Waals surface area contributed by atoms with Gasteiger partial charge in [-0.25, -0.2) is 9.37 Å². The quantitative estimate of drug-likeness (QED) is 0.499. The molecule has 0 bridgehead atoms. The second-order valence-electron chi connectivity index (χ2n) is 8.20. The normalized spacial score (nSPS) is 18.1. The topological polar surface area (TPSA) is 83.5 Å². The Morgan fingerprint density at radius 3 is 2.76 bits per heavy atom. The summed E-state index contributed by atoms with van der Waals surface area (Å²) in [6.07, 6.45) is 2.74. The molecule has 33 heavy (non-hydrogen) atoms. The second kappa shape index (κ2) is 9.19. The molecule has 2 aromatic heterocycles. The second-order valence-corrected chi connectivity index (χ2v) is 9.26. The van der Waals surface area contributed by atoms with E-state index in [1.807, 2.05) is 12.3 Å². The van der Waals surface area contributed by atoms with Crippen molar-refractivity contribution >= 4 is 29.1 Å². The fraction of sp³-hybridized carbons (Fsp3) is 0.292. The van der Waals surface area contributed by atoms with Gasteiger partial charge in [-0.3, -0.25) is 24.3 Å². The molecule has 1 aliphatic rings. The highest BCUT2D eigenvalue weighted by Gasteiger charge is 2.54. The van der Waals surface area contributed by atoms with Crippen molar-refractivity contribution in [2.24, 2.45) is 0 Å². The number of rotatable bonds is 7. The zero-order valence-electron chi connectivity index (χ0n) is 18.3. The van der Waals surface area contributed by atoms with Crippen LogP contribution in [-0.4, -0.2) is 44.5 Å². The van der Waals surface area contributed by atoms with E-state index in [2.05, 4.69) is 9.97 Å². The SMILES string of the molecule is Cc1nc(CN(C)C(=O)C[C@]2(c3cccc(F)c3)CC(=O)N(Cc3cccnc3)C2=O)cs1. The van der Waals surface area contributed by atoms with Crippen molar-refractivity contribution in [2.75, 3.05) is 7.05 Å². The molecule has 0 aliphatic carbocycles. The third kappa shape index (κ3) is 4.68. The van der Waals surface area contributed by atoms with Crippen LogP contribution >= 0.6 is 11.3 Å². The highest BCUT2D eigenvalue weighted by molar-refractivity contribution is 7.09. The largest absolute Gasteiger partial charge is 0.340 e. The van der Waals surface area contributed by atoms with Crippen LogP contribution in [0.4, 0.5) is 4.39 Å². The average molecular weight is 467 g/mol. The molecule has 3 aromatic rings. The van der Waals surface area contributed by atoms with Gasteiger partial charge in [-0.1, -0.05) is 18.2 Å². The Bertz CT molecular complexity index is 1200. The predicted octanol–water partition coefficient (Wildman–Crippen LogP) is 3.23. The number of carbonyl (C=O) groups excluding carboxylic acids is 3. The number of pyridine rings is 1. The number of carbonyl (C=O) groups is 3. The van der Waals surface area contributed by atoms with E-state index < -0.39 is 23.0 Å². The van der Waals surface area contributed by atoms with E-state index in [0.29, 0.717) is 11.1 Å². The van der Waals surface area contributed by atoms with E-state index in [9.17, 15) is 18.8 Å². The number of halogens is 1. The number of likely N-dealkylation sites (tertiary alicyclic amines) is 1. The minimum Gasteiger partial charge on any atom is -0.340 e. The van der Waals surface area contributed by atoms with Gasteiger partial charge in [0.1, 0.15) is 5.82 Å². The lowest BCUT2D eigenvalue weighted by Gasteiger charge is -2.29. The van der Waals surface area contributed by atoms with Gasteiger partial charge in [0.05, 0.1) is 29.2 Å². The Kier molecular flexibility index (Phi) is 6.33. The Balaban J connectivity index is 1.64. The maximum Gasteiger partial charge on any atom is 0.241 e. The maximum atomic E-state index is 14.1. The molecule has 1 fully saturated rings. The maximum absolute atomic E-state index is 14.1. The van der Waals surface area contributed by atoms with E-state index >= 15 is 0 Å². The third-order valence-electron chi connectivity index (χ3n) is 5.79. The molecule has 0 radical (unpaired) electrons. The van der Waals surface area contributed by atoms with E-state index in [4.69, 9.17) is 0 Å². The van der Waals surface area contributed by atoms with Crippen molar-refractivity contribution in [1.29, 1.82) is 0 Å². The minimum absolute atomic E-state index is 0.0463. The molecule has 0 N–H and O–H groups in total. The molecule has 1 saturated heterocycles. The summed E-state index contributed by atoms with van der Waals surface area (Å²) < 4.78 is 14.1. The van der Waals surface area contributed by atoms with Gasteiger partial charge in [0.25, 0.3) is 0 Å². The number of benzene rings is 1. The summed E-state index contributed by atoms with van der Waals surface area (Å²) in [6, 6.07) is 9.07. The van der Waals surface area contributed by atoms with Crippen molar-refractivity contribution in [2.45, 2.75) is 38.3 Å². The summed E-state index contributed by atoms with van der Waals surface area (Å²) in [4.78, 5) is 50.9. The summed E-state index contributed by atoms with van der Waals surface area (Å²) in [5.74, 6) is -1.77. The van der Waals surface area contributed by atoms with Crippen molar-refractivity contribution in [3.63, 3.8) is 0 Å². The zero-order chi connectivity index (χ0) is 23.6. The molecule has 1 aromatic carbocycles. The molecule has 4 rings (SSSR count). The molecular formula is C24H23FN4O3S. The van der Waals surface area contributed by atoms with Crippen molar-refractivity contribution in [3.05, 3.63) is 81.8 Å². The molecule has 1 aliphatic heterocycles. The highest BCUT2D eigenvalue weighted by Crippen LogP contribution is 2.41. The fourth-order valence-corrected chi connectivity index (χ4v) is 4.70. The van der Waals surface area contributed by atoms with Crippen molar-refractivity contribution in [1.82, 2.24) is 19.8 Å². The standard InChI is InChI=1S/C24H23FN4O3S/c1-16-27-20(15-33-16)14-28(2)21(30)10-24(18-6-3-7-19(25)9-18)11-22(31)29(23(24)32)13-17-5-4-8-26-12-17/h3-9,12,15H,10-11,13-14H2,1-2H3/t24-/m1/s1. The van der Waals surface area contributed by atoms with Crippen LogP contribution in [-0.2, 0) is 32.9 Å². The summed E-state index contributed by atoms with van der Waals surface area (Å²) >= 11 is 1.49. The fourth-order valence-electron chi connectivity index (χ4n) is 4.09. The molecule has 170 valence electrons. The molecule has 3 heterocycles. The van der Waals surface area contributed by atoms with Gasteiger partial charge in [-0.05, 0) is 36.2 Å². The Hall–Kier alpha value is -3.46. The highest BCUT2D eigenvalue weighted by atomic mass is 32.1. The number of hydrogen-bond acceptors (Lipinski definition) is 6. The number of thiazole rings is 1. The van der Waals surface area contributed by atoms with Gasteiger partial charge in [0.2, 0.25) is 17.7 Å². The monoisotopic (exact) mass is 466 g/mol. The molecule has 1 atom stereocenters. The first-order chi connectivity index (χ1) is 15.8. The van der Waals surface area contributed by atoms with Crippen molar-refractivity contribution < 1.29 is 18.8 Å². The molecule has 9 heteroatoms. The third-order valence-corrected chi connectivity index (χ3v) is 6.62. The first-order valence-electron chi connectivity index (χ1n) is 10.4. The van der Waals surface area contributed by atoms with Crippen LogP contribution in [0.5, 0.6) is 0 Å². The van der Waals surface area contributed by atoms with E-state index in [1.54, 1.807) is 37.6 Å². The summed E-state index contributed by atoms with van der Waals surface area (Å²) in [5.41, 5.74) is 0.294. The lowest BCUT2D eigenvalue weighted by molar-refractivity contribution is -0.143. The number of aromatic nitrogens is 2. The molecule has 7 nitrogen and oxygen atoms in total. The number of nitrogens with zero attached hydrogens (tertiary/aromatic N) is 4. The van der Waals surface area contributed by atoms with Crippen LogP contribution in [0.3, 0.4) is 0 Å². The van der Waals surface area contributed by atoms with E-state index in [0.717, 1.165) is 15.6 Å². The van der Waals surface area contributed by atoms with Gasteiger partial charge in [-0.2, -0.15) is 0 Å². The summed E-state index contributed by atoms with van der Waals surface area (Å²) in [7, 11) is 1.63. The van der Waals surface area contributed by atoms with Crippen LogP contribution in [0, 0.1) is 12.7 Å². The number of hydrogen-bond donors (Lipinski definition) is 0. The summed E-state index contributed by atoms with van der Waals surface area (Å²) in [6.45, 7) is 2.21. The lowest BCUT2D eigenvalue weighted by atomic mass is 9.75. The number of imide groups is 1. The minimum atomic E-state index is -1.47. The first-order valence-corrected chi connectivity index (χ1v) is 11.3. The molecule has 0 saturated carbocycles. The molecular weight excluding hydrogens is 443 g/mol.